The second kappa shape index (κ2) is 8.00. The molecule has 0 spiro atoms. The van der Waals surface area contributed by atoms with Crippen LogP contribution in [-0.2, 0) is 14.8 Å². The van der Waals surface area contributed by atoms with Gasteiger partial charge in [0.15, 0.2) is 6.10 Å². The molecule has 0 aromatic heterocycles. The zero-order valence-electron chi connectivity index (χ0n) is 16.9. The average molecular weight is 450 g/mol. The van der Waals surface area contributed by atoms with Crippen LogP contribution in [0.15, 0.2) is 42.5 Å². The lowest BCUT2D eigenvalue weighted by molar-refractivity contribution is -0.138. The lowest BCUT2D eigenvalue weighted by Gasteiger charge is -2.40. The molecule has 160 valence electrons. The number of piperazine rings is 1. The SMILES string of the molecule is Cc1ccc2c(c1)N(S(C)(=O)=O)CC(C(=O)N1CCN(c3cccc(Cl)c3)CC1)O2. The quantitative estimate of drug-likeness (QED) is 0.720. The van der Waals surface area contributed by atoms with Gasteiger partial charge in [-0.3, -0.25) is 9.10 Å². The summed E-state index contributed by atoms with van der Waals surface area (Å²) in [4.78, 5) is 17.1. The van der Waals surface area contributed by atoms with Crippen molar-refractivity contribution in [1.29, 1.82) is 0 Å². The van der Waals surface area contributed by atoms with Gasteiger partial charge < -0.3 is 14.5 Å². The van der Waals surface area contributed by atoms with Gasteiger partial charge in [0.2, 0.25) is 10.0 Å². The zero-order chi connectivity index (χ0) is 21.5. The average Bonchev–Trinajstić information content (AvgIpc) is 2.72. The molecule has 4 rings (SSSR count). The van der Waals surface area contributed by atoms with Gasteiger partial charge in [0.25, 0.3) is 5.91 Å². The van der Waals surface area contributed by atoms with Crippen molar-refractivity contribution in [3.05, 3.63) is 53.1 Å². The Hall–Kier alpha value is -2.45. The topological polar surface area (TPSA) is 70.2 Å². The first-order chi connectivity index (χ1) is 14.2. The third-order valence-corrected chi connectivity index (χ3v) is 6.81. The van der Waals surface area contributed by atoms with Crippen LogP contribution in [0.1, 0.15) is 5.56 Å². The van der Waals surface area contributed by atoms with Crippen molar-refractivity contribution < 1.29 is 17.9 Å². The van der Waals surface area contributed by atoms with E-state index in [1.165, 1.54) is 4.31 Å². The highest BCUT2D eigenvalue weighted by molar-refractivity contribution is 7.92. The maximum absolute atomic E-state index is 13.1. The molecular weight excluding hydrogens is 426 g/mol. The van der Waals surface area contributed by atoms with Crippen molar-refractivity contribution in [2.45, 2.75) is 13.0 Å². The van der Waals surface area contributed by atoms with Crippen LogP contribution >= 0.6 is 11.6 Å². The zero-order valence-corrected chi connectivity index (χ0v) is 18.5. The minimum absolute atomic E-state index is 0.0252. The van der Waals surface area contributed by atoms with Crippen LogP contribution in [0, 0.1) is 6.92 Å². The molecule has 1 amide bonds. The van der Waals surface area contributed by atoms with Gasteiger partial charge in [-0.25, -0.2) is 8.42 Å². The van der Waals surface area contributed by atoms with E-state index in [-0.39, 0.29) is 12.5 Å². The Morgan fingerprint density at radius 3 is 2.50 bits per heavy atom. The number of sulfonamides is 1. The van der Waals surface area contributed by atoms with E-state index in [1.54, 1.807) is 17.0 Å². The molecule has 0 N–H and O–H groups in total. The Bertz CT molecular complexity index is 1070. The largest absolute Gasteiger partial charge is 0.476 e. The van der Waals surface area contributed by atoms with Gasteiger partial charge >= 0.3 is 0 Å². The summed E-state index contributed by atoms with van der Waals surface area (Å²) < 4.78 is 31.9. The van der Waals surface area contributed by atoms with Crippen molar-refractivity contribution in [3.8, 4) is 5.75 Å². The van der Waals surface area contributed by atoms with Gasteiger partial charge in [0.05, 0.1) is 18.5 Å². The van der Waals surface area contributed by atoms with Gasteiger partial charge in [0, 0.05) is 36.9 Å². The second-order valence-corrected chi connectivity index (χ2v) is 10.0. The lowest BCUT2D eigenvalue weighted by Crippen LogP contribution is -2.56. The van der Waals surface area contributed by atoms with Gasteiger partial charge in [-0.2, -0.15) is 0 Å². The molecule has 2 heterocycles. The molecule has 1 atom stereocenters. The minimum Gasteiger partial charge on any atom is -0.476 e. The summed E-state index contributed by atoms with van der Waals surface area (Å²) in [5, 5.41) is 0.677. The van der Waals surface area contributed by atoms with Crippen LogP contribution in [0.5, 0.6) is 5.75 Å². The summed E-state index contributed by atoms with van der Waals surface area (Å²) in [6, 6.07) is 13.0. The molecule has 2 aliphatic heterocycles. The predicted octanol–water partition coefficient (Wildman–Crippen LogP) is 2.52. The van der Waals surface area contributed by atoms with Crippen molar-refractivity contribution in [2.75, 3.05) is 48.2 Å². The van der Waals surface area contributed by atoms with Crippen molar-refractivity contribution in [3.63, 3.8) is 0 Å². The van der Waals surface area contributed by atoms with Crippen LogP contribution in [0.3, 0.4) is 0 Å². The number of benzene rings is 2. The number of aryl methyl sites for hydroxylation is 1. The summed E-state index contributed by atoms with van der Waals surface area (Å²) in [5.74, 6) is 0.216. The summed E-state index contributed by atoms with van der Waals surface area (Å²) in [5.41, 5.74) is 2.43. The van der Waals surface area contributed by atoms with Crippen LogP contribution in [0.2, 0.25) is 5.02 Å². The number of amides is 1. The Labute approximate surface area is 181 Å². The van der Waals surface area contributed by atoms with Gasteiger partial charge in [0.1, 0.15) is 5.75 Å². The predicted molar refractivity (Wildman–Crippen MR) is 118 cm³/mol. The lowest BCUT2D eigenvalue weighted by atomic mass is 10.1. The third-order valence-electron chi connectivity index (χ3n) is 5.42. The highest BCUT2D eigenvalue weighted by atomic mass is 35.5. The summed E-state index contributed by atoms with van der Waals surface area (Å²) in [6.07, 6.45) is 0.281. The van der Waals surface area contributed by atoms with Gasteiger partial charge in [-0.1, -0.05) is 23.7 Å². The van der Waals surface area contributed by atoms with E-state index < -0.39 is 16.1 Å². The number of hydrogen-bond acceptors (Lipinski definition) is 5. The van der Waals surface area contributed by atoms with E-state index in [9.17, 15) is 13.2 Å². The smallest absolute Gasteiger partial charge is 0.265 e. The number of anilines is 2. The first kappa shape index (κ1) is 20.8. The fraction of sp³-hybridized carbons (Fsp3) is 0.381. The van der Waals surface area contributed by atoms with E-state index in [0.29, 0.717) is 42.6 Å². The van der Waals surface area contributed by atoms with E-state index >= 15 is 0 Å². The molecule has 1 saturated heterocycles. The Kier molecular flexibility index (Phi) is 5.55. The third kappa shape index (κ3) is 4.20. The molecule has 1 fully saturated rings. The van der Waals surface area contributed by atoms with Crippen LogP contribution in [0.4, 0.5) is 11.4 Å². The number of fused-ring (bicyclic) bond motifs is 1. The van der Waals surface area contributed by atoms with E-state index in [2.05, 4.69) is 4.90 Å². The molecule has 30 heavy (non-hydrogen) atoms. The summed E-state index contributed by atoms with van der Waals surface area (Å²) in [7, 11) is -3.54. The number of carbonyl (C=O) groups is 1. The van der Waals surface area contributed by atoms with E-state index in [1.807, 2.05) is 37.3 Å². The molecule has 1 unspecified atom stereocenters. The van der Waals surface area contributed by atoms with Gasteiger partial charge in [-0.15, -0.1) is 0 Å². The minimum atomic E-state index is -3.54. The van der Waals surface area contributed by atoms with Crippen molar-refractivity contribution >= 4 is 38.9 Å². The highest BCUT2D eigenvalue weighted by Gasteiger charge is 2.37. The first-order valence-electron chi connectivity index (χ1n) is 9.77. The van der Waals surface area contributed by atoms with E-state index in [0.717, 1.165) is 17.5 Å². The molecule has 2 aromatic rings. The molecule has 9 heteroatoms. The fourth-order valence-electron chi connectivity index (χ4n) is 3.87. The van der Waals surface area contributed by atoms with Gasteiger partial charge in [-0.05, 0) is 42.8 Å². The molecule has 2 aliphatic rings. The molecule has 2 aromatic carbocycles. The number of ether oxygens (including phenoxy) is 1. The van der Waals surface area contributed by atoms with Crippen LogP contribution in [-0.4, -0.2) is 64.3 Å². The second-order valence-electron chi connectivity index (χ2n) is 7.66. The standard InChI is InChI=1S/C21H24ClN3O4S/c1-15-6-7-19-18(12-15)25(30(2,27)28)14-20(29-19)21(26)24-10-8-23(9-11-24)17-5-3-4-16(22)13-17/h3-7,12-13,20H,8-11,14H2,1-2H3. The number of halogens is 1. The van der Waals surface area contributed by atoms with Crippen LogP contribution < -0.4 is 13.9 Å². The number of carbonyl (C=O) groups excluding carboxylic acids is 1. The summed E-state index contributed by atoms with van der Waals surface area (Å²) in [6.45, 7) is 4.27. The highest BCUT2D eigenvalue weighted by Crippen LogP contribution is 2.36. The summed E-state index contributed by atoms with van der Waals surface area (Å²) >= 11 is 6.08. The molecule has 0 bridgehead atoms. The molecule has 0 saturated carbocycles. The fourth-order valence-corrected chi connectivity index (χ4v) is 4.96. The Morgan fingerprint density at radius 2 is 1.83 bits per heavy atom. The normalized spacial score (nSPS) is 19.3. The number of rotatable bonds is 3. The molecular formula is C21H24ClN3O4S. The Balaban J connectivity index is 1.48. The number of hydrogen-bond donors (Lipinski definition) is 0. The molecule has 0 aliphatic carbocycles. The first-order valence-corrected chi connectivity index (χ1v) is 12.0. The monoisotopic (exact) mass is 449 g/mol. The molecule has 7 nitrogen and oxygen atoms in total. The van der Waals surface area contributed by atoms with Crippen molar-refractivity contribution in [1.82, 2.24) is 4.90 Å². The number of nitrogens with zero attached hydrogens (tertiary/aromatic N) is 3. The van der Waals surface area contributed by atoms with Crippen LogP contribution in [0.25, 0.3) is 0 Å². The maximum atomic E-state index is 13.1. The van der Waals surface area contributed by atoms with E-state index in [4.69, 9.17) is 16.3 Å². The Morgan fingerprint density at radius 1 is 1.10 bits per heavy atom. The molecule has 0 radical (unpaired) electrons. The van der Waals surface area contributed by atoms with Crippen molar-refractivity contribution in [2.24, 2.45) is 0 Å². The maximum Gasteiger partial charge on any atom is 0.265 e.